The lowest BCUT2D eigenvalue weighted by atomic mass is 10.2. The lowest BCUT2D eigenvalue weighted by molar-refractivity contribution is 1.42. The Bertz CT molecular complexity index is 364. The van der Waals surface area contributed by atoms with E-state index in [0.29, 0.717) is 0 Å². The molecule has 0 amide bonds. The Morgan fingerprint density at radius 2 is 2.18 bits per heavy atom. The summed E-state index contributed by atoms with van der Waals surface area (Å²) in [5.41, 5.74) is 2.52. The molecule has 0 unspecified atom stereocenters. The molecule has 2 heteroatoms. The maximum absolute atomic E-state index is 3.42. The van der Waals surface area contributed by atoms with Crippen molar-refractivity contribution < 1.29 is 0 Å². The standard InChI is InChI=1S/C9H8BrN/c10-6-7-1-2-8-3-4-11-9(8)5-7/h1-5,11H,6H2. The van der Waals surface area contributed by atoms with Crippen LogP contribution in [0.2, 0.25) is 0 Å². The van der Waals surface area contributed by atoms with Crippen molar-refractivity contribution in [3.05, 3.63) is 36.0 Å². The number of fused-ring (bicyclic) bond motifs is 1. The smallest absolute Gasteiger partial charge is 0.0456 e. The zero-order valence-corrected chi connectivity index (χ0v) is 7.56. The van der Waals surface area contributed by atoms with Crippen LogP contribution >= 0.6 is 15.9 Å². The molecule has 0 aliphatic carbocycles. The predicted molar refractivity (Wildman–Crippen MR) is 50.9 cm³/mol. The number of nitrogens with one attached hydrogen (secondary N) is 1. The second kappa shape index (κ2) is 2.70. The number of halogens is 1. The highest BCUT2D eigenvalue weighted by Gasteiger charge is 1.94. The Morgan fingerprint density at radius 1 is 1.27 bits per heavy atom. The number of hydrogen-bond donors (Lipinski definition) is 1. The topological polar surface area (TPSA) is 15.8 Å². The number of rotatable bonds is 1. The van der Waals surface area contributed by atoms with E-state index in [9.17, 15) is 0 Å². The first-order chi connectivity index (χ1) is 5.40. The van der Waals surface area contributed by atoms with Crippen molar-refractivity contribution in [3.63, 3.8) is 0 Å². The Labute approximate surface area is 73.6 Å². The largest absolute Gasteiger partial charge is 0.361 e. The van der Waals surface area contributed by atoms with E-state index >= 15 is 0 Å². The molecule has 0 radical (unpaired) electrons. The molecule has 1 aromatic heterocycles. The van der Waals surface area contributed by atoms with E-state index < -0.39 is 0 Å². The van der Waals surface area contributed by atoms with E-state index in [1.54, 1.807) is 0 Å². The van der Waals surface area contributed by atoms with Crippen molar-refractivity contribution in [1.82, 2.24) is 4.98 Å². The Kier molecular flexibility index (Phi) is 1.70. The van der Waals surface area contributed by atoms with Gasteiger partial charge in [-0.15, -0.1) is 0 Å². The molecule has 56 valence electrons. The first-order valence-electron chi connectivity index (χ1n) is 3.52. The maximum Gasteiger partial charge on any atom is 0.0456 e. The van der Waals surface area contributed by atoms with E-state index in [4.69, 9.17) is 0 Å². The summed E-state index contributed by atoms with van der Waals surface area (Å²) in [6.45, 7) is 0. The number of alkyl halides is 1. The van der Waals surface area contributed by atoms with Crippen molar-refractivity contribution in [2.45, 2.75) is 5.33 Å². The van der Waals surface area contributed by atoms with Crippen molar-refractivity contribution >= 4 is 26.8 Å². The van der Waals surface area contributed by atoms with Gasteiger partial charge in [0.25, 0.3) is 0 Å². The summed E-state index contributed by atoms with van der Waals surface area (Å²) in [5.74, 6) is 0. The molecule has 0 bridgehead atoms. The summed E-state index contributed by atoms with van der Waals surface area (Å²) < 4.78 is 0. The number of benzene rings is 1. The zero-order valence-electron chi connectivity index (χ0n) is 5.97. The minimum Gasteiger partial charge on any atom is -0.361 e. The fraction of sp³-hybridized carbons (Fsp3) is 0.111. The minimum absolute atomic E-state index is 0.919. The van der Waals surface area contributed by atoms with Gasteiger partial charge in [-0.25, -0.2) is 0 Å². The molecule has 0 saturated carbocycles. The Morgan fingerprint density at radius 3 is 3.00 bits per heavy atom. The van der Waals surface area contributed by atoms with Gasteiger partial charge in [-0.1, -0.05) is 28.1 Å². The van der Waals surface area contributed by atoms with Gasteiger partial charge in [-0.3, -0.25) is 0 Å². The predicted octanol–water partition coefficient (Wildman–Crippen LogP) is 3.06. The number of hydrogen-bond acceptors (Lipinski definition) is 0. The molecule has 0 fully saturated rings. The molecule has 1 N–H and O–H groups in total. The molecule has 0 aliphatic rings. The van der Waals surface area contributed by atoms with Crippen molar-refractivity contribution in [1.29, 1.82) is 0 Å². The van der Waals surface area contributed by atoms with Crippen LogP contribution in [0.25, 0.3) is 10.9 Å². The van der Waals surface area contributed by atoms with Crippen LogP contribution in [-0.4, -0.2) is 4.98 Å². The van der Waals surface area contributed by atoms with Crippen LogP contribution < -0.4 is 0 Å². The molecule has 1 nitrogen and oxygen atoms in total. The van der Waals surface area contributed by atoms with Gasteiger partial charge in [0.05, 0.1) is 0 Å². The molecule has 0 atom stereocenters. The summed E-state index contributed by atoms with van der Waals surface area (Å²) in [6, 6.07) is 8.49. The fourth-order valence-electron chi connectivity index (χ4n) is 1.18. The normalized spacial score (nSPS) is 10.6. The van der Waals surface area contributed by atoms with Crippen LogP contribution in [0.15, 0.2) is 30.5 Å². The summed E-state index contributed by atoms with van der Waals surface area (Å²) in [4.78, 5) is 3.17. The third-order valence-electron chi connectivity index (χ3n) is 1.77. The quantitative estimate of drug-likeness (QED) is 0.696. The van der Waals surface area contributed by atoms with Crippen LogP contribution in [0, 0.1) is 0 Å². The third kappa shape index (κ3) is 1.18. The molecule has 0 spiro atoms. The molecule has 1 heterocycles. The SMILES string of the molecule is BrCc1ccc2cc[nH]c2c1. The molecule has 0 aliphatic heterocycles. The van der Waals surface area contributed by atoms with Crippen LogP contribution in [0.3, 0.4) is 0 Å². The molecule has 0 saturated heterocycles. The highest BCUT2D eigenvalue weighted by atomic mass is 79.9. The van der Waals surface area contributed by atoms with E-state index in [0.717, 1.165) is 5.33 Å². The minimum atomic E-state index is 0.919. The van der Waals surface area contributed by atoms with Crippen LogP contribution in [0.5, 0.6) is 0 Å². The average Bonchev–Trinajstić information content (AvgIpc) is 2.50. The first-order valence-corrected chi connectivity index (χ1v) is 4.64. The second-order valence-electron chi connectivity index (χ2n) is 2.53. The van der Waals surface area contributed by atoms with E-state index in [-0.39, 0.29) is 0 Å². The average molecular weight is 210 g/mol. The number of H-pyrrole nitrogens is 1. The highest BCUT2D eigenvalue weighted by molar-refractivity contribution is 9.08. The molecule has 2 rings (SSSR count). The van der Waals surface area contributed by atoms with Crippen LogP contribution in [0.4, 0.5) is 0 Å². The van der Waals surface area contributed by atoms with Gasteiger partial charge in [0, 0.05) is 17.0 Å². The Balaban J connectivity index is 2.67. The number of aromatic nitrogens is 1. The third-order valence-corrected chi connectivity index (χ3v) is 2.42. The van der Waals surface area contributed by atoms with E-state index in [1.165, 1.54) is 16.5 Å². The molecule has 2 aromatic rings. The van der Waals surface area contributed by atoms with Gasteiger partial charge >= 0.3 is 0 Å². The van der Waals surface area contributed by atoms with Gasteiger partial charge < -0.3 is 4.98 Å². The van der Waals surface area contributed by atoms with Gasteiger partial charge in [-0.2, -0.15) is 0 Å². The second-order valence-corrected chi connectivity index (χ2v) is 3.09. The van der Waals surface area contributed by atoms with Gasteiger partial charge in [0.15, 0.2) is 0 Å². The fourth-order valence-corrected chi connectivity index (χ4v) is 1.53. The molecule has 11 heavy (non-hydrogen) atoms. The van der Waals surface area contributed by atoms with Gasteiger partial charge in [-0.05, 0) is 23.1 Å². The van der Waals surface area contributed by atoms with E-state index in [1.807, 2.05) is 6.20 Å². The lowest BCUT2D eigenvalue weighted by Crippen LogP contribution is -1.75. The number of aromatic amines is 1. The molecular weight excluding hydrogens is 202 g/mol. The molecular formula is C9H8BrN. The summed E-state index contributed by atoms with van der Waals surface area (Å²) in [6.07, 6.45) is 1.96. The Hall–Kier alpha value is -0.760. The van der Waals surface area contributed by atoms with Crippen molar-refractivity contribution in [3.8, 4) is 0 Å². The zero-order chi connectivity index (χ0) is 7.68. The van der Waals surface area contributed by atoms with Crippen LogP contribution in [0.1, 0.15) is 5.56 Å². The monoisotopic (exact) mass is 209 g/mol. The lowest BCUT2D eigenvalue weighted by Gasteiger charge is -1.94. The van der Waals surface area contributed by atoms with E-state index in [2.05, 4.69) is 45.2 Å². The maximum atomic E-state index is 3.42. The molecule has 1 aromatic carbocycles. The highest BCUT2D eigenvalue weighted by Crippen LogP contribution is 2.15. The van der Waals surface area contributed by atoms with Crippen molar-refractivity contribution in [2.24, 2.45) is 0 Å². The first kappa shape index (κ1) is 6.92. The summed E-state index contributed by atoms with van der Waals surface area (Å²) >= 11 is 3.42. The van der Waals surface area contributed by atoms with Crippen LogP contribution in [-0.2, 0) is 5.33 Å². The van der Waals surface area contributed by atoms with Gasteiger partial charge in [0.1, 0.15) is 0 Å². The van der Waals surface area contributed by atoms with Gasteiger partial charge in [0.2, 0.25) is 0 Å². The summed E-state index contributed by atoms with van der Waals surface area (Å²) in [7, 11) is 0. The van der Waals surface area contributed by atoms with Crippen molar-refractivity contribution in [2.75, 3.05) is 0 Å². The summed E-state index contributed by atoms with van der Waals surface area (Å²) in [5, 5.41) is 2.19.